The quantitative estimate of drug-likeness (QED) is 0.703. The third-order valence-electron chi connectivity index (χ3n) is 2.72. The van der Waals surface area contributed by atoms with Gasteiger partial charge in [0.05, 0.1) is 14.5 Å². The summed E-state index contributed by atoms with van der Waals surface area (Å²) in [5.74, 6) is -0.843. The van der Waals surface area contributed by atoms with Gasteiger partial charge >= 0.3 is 5.97 Å². The molecule has 0 aliphatic heterocycles. The number of carbonyl (C=O) groups excluding carboxylic acids is 1. The molecule has 1 unspecified atom stereocenters. The Morgan fingerprint density at radius 2 is 1.90 bits per heavy atom. The van der Waals surface area contributed by atoms with Gasteiger partial charge in [0.25, 0.3) is 5.91 Å². The van der Waals surface area contributed by atoms with Crippen molar-refractivity contribution in [2.24, 2.45) is 0 Å². The van der Waals surface area contributed by atoms with Crippen LogP contribution in [0, 0.1) is 0 Å². The predicted octanol–water partition coefficient (Wildman–Crippen LogP) is 3.59. The summed E-state index contributed by atoms with van der Waals surface area (Å²) >= 11 is 6.48. The van der Waals surface area contributed by atoms with Crippen LogP contribution in [0.5, 0.6) is 5.75 Å². The Balaban J connectivity index is 2.67. The third kappa shape index (κ3) is 5.67. The van der Waals surface area contributed by atoms with Gasteiger partial charge in [0.1, 0.15) is 5.75 Å². The highest BCUT2D eigenvalue weighted by Crippen LogP contribution is 2.34. The highest BCUT2D eigenvalue weighted by molar-refractivity contribution is 9.11. The van der Waals surface area contributed by atoms with E-state index in [2.05, 4.69) is 44.1 Å². The molecule has 0 aromatic heterocycles. The Morgan fingerprint density at radius 3 is 2.38 bits per heavy atom. The zero-order valence-electron chi connectivity index (χ0n) is 11.8. The van der Waals surface area contributed by atoms with Crippen molar-refractivity contribution >= 4 is 43.7 Å². The lowest BCUT2D eigenvalue weighted by molar-refractivity contribution is -0.123. The lowest BCUT2D eigenvalue weighted by atomic mass is 10.2. The molecule has 21 heavy (non-hydrogen) atoms. The molecule has 7 heteroatoms. The topological polar surface area (TPSA) is 75.6 Å². The number of rotatable bonds is 7. The fraction of sp³-hybridized carbons (Fsp3) is 0.429. The maximum atomic E-state index is 11.7. The van der Waals surface area contributed by atoms with Gasteiger partial charge in [-0.05, 0) is 57.3 Å². The molecular formula is C14H17Br2NO4. The molecule has 1 amide bonds. The van der Waals surface area contributed by atoms with E-state index in [0.717, 1.165) is 12.8 Å². The summed E-state index contributed by atoms with van der Waals surface area (Å²) in [5, 5.41) is 11.8. The van der Waals surface area contributed by atoms with Crippen LogP contribution < -0.4 is 10.1 Å². The highest BCUT2D eigenvalue weighted by atomic mass is 79.9. The van der Waals surface area contributed by atoms with Crippen molar-refractivity contribution in [2.45, 2.75) is 32.7 Å². The molecule has 0 radical (unpaired) electrons. The summed E-state index contributed by atoms with van der Waals surface area (Å²) in [5.41, 5.74) is 0.127. The summed E-state index contributed by atoms with van der Waals surface area (Å²) in [4.78, 5) is 22.7. The van der Waals surface area contributed by atoms with Gasteiger partial charge in [-0.2, -0.15) is 0 Å². The van der Waals surface area contributed by atoms with E-state index in [9.17, 15) is 9.59 Å². The average Bonchev–Trinajstić information content (AvgIpc) is 2.37. The van der Waals surface area contributed by atoms with Crippen molar-refractivity contribution in [3.8, 4) is 5.75 Å². The van der Waals surface area contributed by atoms with E-state index in [0.29, 0.717) is 14.7 Å². The zero-order chi connectivity index (χ0) is 16.0. The van der Waals surface area contributed by atoms with Crippen LogP contribution in [0.2, 0.25) is 0 Å². The number of ether oxygens (including phenoxy) is 1. The molecule has 0 saturated heterocycles. The van der Waals surface area contributed by atoms with Gasteiger partial charge in [-0.25, -0.2) is 4.79 Å². The summed E-state index contributed by atoms with van der Waals surface area (Å²) in [6.45, 7) is 3.87. The lowest BCUT2D eigenvalue weighted by Gasteiger charge is -2.14. The smallest absolute Gasteiger partial charge is 0.335 e. The average molecular weight is 423 g/mol. The van der Waals surface area contributed by atoms with Gasteiger partial charge in [-0.15, -0.1) is 0 Å². The van der Waals surface area contributed by atoms with Crippen molar-refractivity contribution in [3.63, 3.8) is 0 Å². The molecule has 5 nitrogen and oxygen atoms in total. The van der Waals surface area contributed by atoms with Gasteiger partial charge in [0.2, 0.25) is 0 Å². The van der Waals surface area contributed by atoms with Crippen LogP contribution in [0.15, 0.2) is 21.1 Å². The summed E-state index contributed by atoms with van der Waals surface area (Å²) in [6.07, 6.45) is 1.91. The van der Waals surface area contributed by atoms with Crippen molar-refractivity contribution in [3.05, 3.63) is 26.6 Å². The van der Waals surface area contributed by atoms with E-state index < -0.39 is 5.97 Å². The number of halogens is 2. The van der Waals surface area contributed by atoms with Crippen LogP contribution >= 0.6 is 31.9 Å². The van der Waals surface area contributed by atoms with E-state index in [1.165, 1.54) is 12.1 Å². The summed E-state index contributed by atoms with van der Waals surface area (Å²) in [7, 11) is 0. The fourth-order valence-electron chi connectivity index (χ4n) is 1.78. The Bertz CT molecular complexity index is 511. The van der Waals surface area contributed by atoms with Gasteiger partial charge in [0.15, 0.2) is 6.61 Å². The molecule has 1 rings (SSSR count). The molecule has 0 saturated carbocycles. The largest absolute Gasteiger partial charge is 0.481 e. The first kappa shape index (κ1) is 18.0. The van der Waals surface area contributed by atoms with E-state index in [-0.39, 0.29) is 24.1 Å². The number of amides is 1. The maximum Gasteiger partial charge on any atom is 0.335 e. The highest BCUT2D eigenvalue weighted by Gasteiger charge is 2.14. The zero-order valence-corrected chi connectivity index (χ0v) is 15.0. The third-order valence-corrected chi connectivity index (χ3v) is 3.90. The van der Waals surface area contributed by atoms with Crippen molar-refractivity contribution in [2.75, 3.05) is 6.61 Å². The second kappa shape index (κ2) is 8.38. The van der Waals surface area contributed by atoms with Gasteiger partial charge < -0.3 is 15.2 Å². The minimum Gasteiger partial charge on any atom is -0.481 e. The molecule has 0 bridgehead atoms. The first-order valence-electron chi connectivity index (χ1n) is 6.49. The molecule has 1 aromatic carbocycles. The number of carbonyl (C=O) groups is 2. The first-order chi connectivity index (χ1) is 9.85. The number of carboxylic acids is 1. The van der Waals surface area contributed by atoms with Crippen molar-refractivity contribution in [1.82, 2.24) is 5.32 Å². The molecule has 0 heterocycles. The monoisotopic (exact) mass is 421 g/mol. The SMILES string of the molecule is CCCC(C)NC(=O)COc1c(Br)cc(C(=O)O)cc1Br. The molecule has 1 aromatic rings. The van der Waals surface area contributed by atoms with Gasteiger partial charge in [-0.3, -0.25) is 4.79 Å². The second-order valence-corrected chi connectivity index (χ2v) is 6.33. The number of hydrogen-bond donors (Lipinski definition) is 2. The van der Waals surface area contributed by atoms with Crippen LogP contribution in [-0.2, 0) is 4.79 Å². The van der Waals surface area contributed by atoms with Crippen LogP contribution in [0.4, 0.5) is 0 Å². The lowest BCUT2D eigenvalue weighted by Crippen LogP contribution is -2.36. The van der Waals surface area contributed by atoms with E-state index in [1.54, 1.807) is 0 Å². The summed E-state index contributed by atoms with van der Waals surface area (Å²) < 4.78 is 6.40. The fourth-order valence-corrected chi connectivity index (χ4v) is 3.20. The van der Waals surface area contributed by atoms with E-state index in [1.807, 2.05) is 6.92 Å². The number of benzene rings is 1. The number of aromatic carboxylic acids is 1. The molecule has 0 spiro atoms. The molecular weight excluding hydrogens is 406 g/mol. The van der Waals surface area contributed by atoms with E-state index in [4.69, 9.17) is 9.84 Å². The molecule has 2 N–H and O–H groups in total. The standard InChI is InChI=1S/C14H17Br2NO4/c1-3-4-8(2)17-12(18)7-21-13-10(15)5-9(14(19)20)6-11(13)16/h5-6,8H,3-4,7H2,1-2H3,(H,17,18)(H,19,20). The normalized spacial score (nSPS) is 11.8. The Hall–Kier alpha value is -1.08. The van der Waals surface area contributed by atoms with Gasteiger partial charge in [0, 0.05) is 6.04 Å². The van der Waals surface area contributed by atoms with E-state index >= 15 is 0 Å². The molecule has 1 atom stereocenters. The number of carboxylic acid groups (broad SMARTS) is 1. The summed E-state index contributed by atoms with van der Waals surface area (Å²) in [6, 6.07) is 2.97. The first-order valence-corrected chi connectivity index (χ1v) is 8.08. The Labute approximate surface area is 140 Å². The molecule has 116 valence electrons. The second-order valence-electron chi connectivity index (χ2n) is 4.62. The van der Waals surface area contributed by atoms with Crippen LogP contribution in [0.3, 0.4) is 0 Å². The molecule has 0 fully saturated rings. The minimum atomic E-state index is -1.03. The molecule has 0 aliphatic carbocycles. The molecule has 0 aliphatic rings. The number of nitrogens with one attached hydrogen (secondary N) is 1. The Morgan fingerprint density at radius 1 is 1.33 bits per heavy atom. The number of hydrogen-bond acceptors (Lipinski definition) is 3. The minimum absolute atomic E-state index is 0.104. The Kier molecular flexibility index (Phi) is 7.17. The predicted molar refractivity (Wildman–Crippen MR) is 86.8 cm³/mol. The van der Waals surface area contributed by atoms with Crippen LogP contribution in [-0.4, -0.2) is 29.6 Å². The maximum absolute atomic E-state index is 11.7. The van der Waals surface area contributed by atoms with Crippen molar-refractivity contribution < 1.29 is 19.4 Å². The van der Waals surface area contributed by atoms with Crippen LogP contribution in [0.25, 0.3) is 0 Å². The van der Waals surface area contributed by atoms with Crippen molar-refractivity contribution in [1.29, 1.82) is 0 Å². The van der Waals surface area contributed by atoms with Gasteiger partial charge in [-0.1, -0.05) is 13.3 Å². The van der Waals surface area contributed by atoms with Crippen LogP contribution in [0.1, 0.15) is 37.0 Å².